The Balaban J connectivity index is 1.51. The van der Waals surface area contributed by atoms with Crippen molar-refractivity contribution in [1.82, 2.24) is 5.32 Å². The van der Waals surface area contributed by atoms with Gasteiger partial charge in [0, 0.05) is 19.8 Å². The number of imide groups is 1. The summed E-state index contributed by atoms with van der Waals surface area (Å²) in [4.78, 5) is 28.2. The van der Waals surface area contributed by atoms with Crippen LogP contribution in [0, 0.1) is 0 Å². The summed E-state index contributed by atoms with van der Waals surface area (Å²) in [7, 11) is 0. The van der Waals surface area contributed by atoms with Gasteiger partial charge in [-0.05, 0) is 66.2 Å². The molecule has 0 radical (unpaired) electrons. The summed E-state index contributed by atoms with van der Waals surface area (Å²) in [5, 5.41) is 3.77. The Morgan fingerprint density at radius 2 is 1.48 bits per heavy atom. The Hall–Kier alpha value is -2.73. The number of carbonyl (C=O) groups is 2. The van der Waals surface area contributed by atoms with Gasteiger partial charge < -0.3 is 5.32 Å². The maximum Gasteiger partial charge on any atom is 0.333 e. The summed E-state index contributed by atoms with van der Waals surface area (Å²) >= 11 is 13.5. The molecule has 7 heteroatoms. The second-order valence-corrected chi connectivity index (χ2v) is 8.25. The Labute approximate surface area is 182 Å². The number of halogens is 2. The number of nitrogens with one attached hydrogen (secondary N) is 1. The SMILES string of the molecule is O=C1N/C(=C/c2ccc(Sc3ccc(Cl)cc3)cc2)C(=O)N1c1cccc(Cl)c1. The number of hydrogen-bond acceptors (Lipinski definition) is 3. The summed E-state index contributed by atoms with van der Waals surface area (Å²) in [6, 6.07) is 21.4. The van der Waals surface area contributed by atoms with Crippen molar-refractivity contribution < 1.29 is 9.59 Å². The topological polar surface area (TPSA) is 49.4 Å². The molecule has 3 aromatic rings. The summed E-state index contributed by atoms with van der Waals surface area (Å²) < 4.78 is 0. The van der Waals surface area contributed by atoms with Crippen molar-refractivity contribution in [3.63, 3.8) is 0 Å². The molecule has 29 heavy (non-hydrogen) atoms. The van der Waals surface area contributed by atoms with Crippen LogP contribution in [0.25, 0.3) is 6.08 Å². The molecule has 144 valence electrons. The molecule has 3 amide bonds. The molecular weight excluding hydrogens is 427 g/mol. The fourth-order valence-electron chi connectivity index (χ4n) is 2.82. The third kappa shape index (κ3) is 4.48. The quantitative estimate of drug-likeness (QED) is 0.385. The zero-order chi connectivity index (χ0) is 20.4. The van der Waals surface area contributed by atoms with Crippen molar-refractivity contribution in [2.24, 2.45) is 0 Å². The molecule has 1 aliphatic heterocycles. The molecule has 1 heterocycles. The average molecular weight is 441 g/mol. The molecule has 1 fully saturated rings. The van der Waals surface area contributed by atoms with Gasteiger partial charge in [-0.3, -0.25) is 4.79 Å². The Bertz CT molecular complexity index is 1110. The first-order chi connectivity index (χ1) is 14.0. The summed E-state index contributed by atoms with van der Waals surface area (Å²) in [6.07, 6.45) is 1.65. The number of carbonyl (C=O) groups excluding carboxylic acids is 2. The van der Waals surface area contributed by atoms with E-state index in [1.807, 2.05) is 48.5 Å². The van der Waals surface area contributed by atoms with Crippen LogP contribution in [0.3, 0.4) is 0 Å². The minimum atomic E-state index is -0.501. The Kier molecular flexibility index (Phi) is 5.62. The molecule has 4 nitrogen and oxygen atoms in total. The number of urea groups is 1. The molecule has 1 aliphatic rings. The number of hydrogen-bond donors (Lipinski definition) is 1. The van der Waals surface area contributed by atoms with Gasteiger partial charge in [-0.15, -0.1) is 0 Å². The van der Waals surface area contributed by atoms with E-state index in [2.05, 4.69) is 5.32 Å². The fourth-order valence-corrected chi connectivity index (χ4v) is 3.95. The smallest absolute Gasteiger partial charge is 0.302 e. The molecule has 0 bridgehead atoms. The lowest BCUT2D eigenvalue weighted by atomic mass is 10.2. The Morgan fingerprint density at radius 3 is 2.14 bits per heavy atom. The molecule has 4 rings (SSSR count). The van der Waals surface area contributed by atoms with E-state index in [4.69, 9.17) is 23.2 Å². The fraction of sp³-hybridized carbons (Fsp3) is 0. The molecule has 0 atom stereocenters. The van der Waals surface area contributed by atoms with Gasteiger partial charge in [0.15, 0.2) is 0 Å². The maximum atomic E-state index is 12.7. The minimum Gasteiger partial charge on any atom is -0.302 e. The van der Waals surface area contributed by atoms with E-state index in [-0.39, 0.29) is 5.70 Å². The van der Waals surface area contributed by atoms with E-state index in [0.717, 1.165) is 20.3 Å². The third-order valence-electron chi connectivity index (χ3n) is 4.19. The van der Waals surface area contributed by atoms with Crippen molar-refractivity contribution in [2.75, 3.05) is 4.90 Å². The maximum absolute atomic E-state index is 12.7. The lowest BCUT2D eigenvalue weighted by Gasteiger charge is -2.11. The lowest BCUT2D eigenvalue weighted by molar-refractivity contribution is -0.113. The van der Waals surface area contributed by atoms with Crippen molar-refractivity contribution in [3.05, 3.63) is 94.1 Å². The van der Waals surface area contributed by atoms with Gasteiger partial charge in [0.05, 0.1) is 5.69 Å². The highest BCUT2D eigenvalue weighted by Gasteiger charge is 2.34. The van der Waals surface area contributed by atoms with Gasteiger partial charge in [-0.1, -0.05) is 53.2 Å². The van der Waals surface area contributed by atoms with Crippen LogP contribution in [0.2, 0.25) is 10.0 Å². The highest BCUT2D eigenvalue weighted by Crippen LogP contribution is 2.29. The van der Waals surface area contributed by atoms with Crippen molar-refractivity contribution in [1.29, 1.82) is 0 Å². The van der Waals surface area contributed by atoms with Crippen molar-refractivity contribution >= 4 is 58.7 Å². The van der Waals surface area contributed by atoms with Crippen molar-refractivity contribution in [3.8, 4) is 0 Å². The molecule has 0 saturated carbocycles. The minimum absolute atomic E-state index is 0.216. The molecule has 3 aromatic carbocycles. The molecule has 0 aromatic heterocycles. The van der Waals surface area contributed by atoms with Crippen LogP contribution in [0.1, 0.15) is 5.56 Å². The van der Waals surface area contributed by atoms with Gasteiger partial charge >= 0.3 is 6.03 Å². The average Bonchev–Trinajstić information content (AvgIpc) is 2.98. The normalized spacial score (nSPS) is 15.1. The van der Waals surface area contributed by atoms with E-state index >= 15 is 0 Å². The van der Waals surface area contributed by atoms with Gasteiger partial charge in [-0.2, -0.15) is 0 Å². The summed E-state index contributed by atoms with van der Waals surface area (Å²) in [5.74, 6) is -0.420. The highest BCUT2D eigenvalue weighted by atomic mass is 35.5. The predicted molar refractivity (Wildman–Crippen MR) is 117 cm³/mol. The molecule has 0 spiro atoms. The first kappa shape index (κ1) is 19.6. The third-order valence-corrected chi connectivity index (χ3v) is 5.69. The van der Waals surface area contributed by atoms with Crippen LogP contribution < -0.4 is 10.2 Å². The predicted octanol–water partition coefficient (Wildman–Crippen LogP) is 6.24. The lowest BCUT2D eigenvalue weighted by Crippen LogP contribution is -2.30. The molecule has 1 N–H and O–H groups in total. The van der Waals surface area contributed by atoms with E-state index in [0.29, 0.717) is 15.7 Å². The van der Waals surface area contributed by atoms with Crippen LogP contribution in [-0.4, -0.2) is 11.9 Å². The van der Waals surface area contributed by atoms with E-state index in [1.165, 1.54) is 0 Å². The van der Waals surface area contributed by atoms with Crippen LogP contribution in [0.15, 0.2) is 88.3 Å². The number of nitrogens with zero attached hydrogens (tertiary/aromatic N) is 1. The van der Waals surface area contributed by atoms with E-state index in [9.17, 15) is 9.59 Å². The molecule has 0 aliphatic carbocycles. The van der Waals surface area contributed by atoms with Crippen LogP contribution in [0.5, 0.6) is 0 Å². The number of amides is 3. The molecular formula is C22H14Cl2N2O2S. The Morgan fingerprint density at radius 1 is 0.828 bits per heavy atom. The number of anilines is 1. The van der Waals surface area contributed by atoms with Crippen molar-refractivity contribution in [2.45, 2.75) is 9.79 Å². The highest BCUT2D eigenvalue weighted by molar-refractivity contribution is 7.99. The monoisotopic (exact) mass is 440 g/mol. The first-order valence-corrected chi connectivity index (χ1v) is 10.2. The number of benzene rings is 3. The van der Waals surface area contributed by atoms with Crippen LogP contribution in [0.4, 0.5) is 10.5 Å². The van der Waals surface area contributed by atoms with Gasteiger partial charge in [0.1, 0.15) is 5.70 Å². The molecule has 0 unspecified atom stereocenters. The van der Waals surface area contributed by atoms with Gasteiger partial charge in [0.25, 0.3) is 5.91 Å². The summed E-state index contributed by atoms with van der Waals surface area (Å²) in [6.45, 7) is 0. The first-order valence-electron chi connectivity index (χ1n) is 8.66. The van der Waals surface area contributed by atoms with E-state index in [1.54, 1.807) is 42.1 Å². The standard InChI is InChI=1S/C22H14Cl2N2O2S/c23-15-6-10-19(11-7-15)29-18-8-4-14(5-9-18)12-20-21(27)26(22(28)25-20)17-3-1-2-16(24)13-17/h1-13H,(H,25,28)/b20-12+. The second kappa shape index (κ2) is 8.33. The van der Waals surface area contributed by atoms with Gasteiger partial charge in [0.2, 0.25) is 0 Å². The van der Waals surface area contributed by atoms with Crippen LogP contribution >= 0.6 is 35.0 Å². The largest absolute Gasteiger partial charge is 0.333 e. The van der Waals surface area contributed by atoms with Gasteiger partial charge in [-0.25, -0.2) is 9.69 Å². The molecule has 1 saturated heterocycles. The zero-order valence-corrected chi connectivity index (χ0v) is 17.3. The second-order valence-electron chi connectivity index (χ2n) is 6.23. The zero-order valence-electron chi connectivity index (χ0n) is 14.9. The number of rotatable bonds is 4. The summed E-state index contributed by atoms with van der Waals surface area (Å²) in [5.41, 5.74) is 1.45. The van der Waals surface area contributed by atoms with E-state index < -0.39 is 11.9 Å². The van der Waals surface area contributed by atoms with Crippen LogP contribution in [-0.2, 0) is 4.79 Å².